The van der Waals surface area contributed by atoms with E-state index in [9.17, 15) is 0 Å². The van der Waals surface area contributed by atoms with E-state index in [4.69, 9.17) is 9.73 Å². The molecular formula is C23H35IN6O. The van der Waals surface area contributed by atoms with Crippen molar-refractivity contribution in [1.82, 2.24) is 25.0 Å². The smallest absolute Gasteiger partial charge is 0.194 e. The number of likely N-dealkylation sites (tertiary alicyclic amines) is 1. The Hall–Kier alpha value is -1.84. The van der Waals surface area contributed by atoms with Crippen LogP contribution in [0.15, 0.2) is 29.3 Å². The number of rotatable bonds is 5. The van der Waals surface area contributed by atoms with Gasteiger partial charge in [-0.2, -0.15) is 0 Å². The number of nitrogens with zero attached hydrogens (tertiary/aromatic N) is 5. The lowest BCUT2D eigenvalue weighted by atomic mass is 9.96. The minimum atomic E-state index is 0. The summed E-state index contributed by atoms with van der Waals surface area (Å²) in [5.41, 5.74) is 1.37. The lowest BCUT2D eigenvalue weighted by Crippen LogP contribution is -2.45. The highest BCUT2D eigenvalue weighted by Gasteiger charge is 2.28. The van der Waals surface area contributed by atoms with Crippen molar-refractivity contribution >= 4 is 29.9 Å². The number of hydrogen-bond donors (Lipinski definition) is 1. The summed E-state index contributed by atoms with van der Waals surface area (Å²) in [5, 5.41) is 12.2. The molecule has 0 radical (unpaired) electrons. The zero-order valence-corrected chi connectivity index (χ0v) is 21.2. The quantitative estimate of drug-likeness (QED) is 0.354. The van der Waals surface area contributed by atoms with Crippen LogP contribution in [0.5, 0.6) is 5.75 Å². The minimum absolute atomic E-state index is 0. The summed E-state index contributed by atoms with van der Waals surface area (Å²) in [6.07, 6.45) is 7.58. The van der Waals surface area contributed by atoms with Crippen molar-refractivity contribution in [1.29, 1.82) is 0 Å². The minimum Gasteiger partial charge on any atom is -0.497 e. The van der Waals surface area contributed by atoms with E-state index in [0.29, 0.717) is 18.5 Å². The first-order valence-electron chi connectivity index (χ1n) is 11.2. The molecule has 1 unspecified atom stereocenters. The third-order valence-corrected chi connectivity index (χ3v) is 6.57. The van der Waals surface area contributed by atoms with Gasteiger partial charge >= 0.3 is 0 Å². The Morgan fingerprint density at radius 3 is 2.52 bits per heavy atom. The average molecular weight is 538 g/mol. The van der Waals surface area contributed by atoms with Crippen LogP contribution in [0.25, 0.3) is 0 Å². The van der Waals surface area contributed by atoms with Crippen LogP contribution < -0.4 is 10.1 Å². The first-order valence-corrected chi connectivity index (χ1v) is 11.2. The monoisotopic (exact) mass is 538 g/mol. The molecular weight excluding hydrogens is 503 g/mol. The maximum atomic E-state index is 5.31. The SMILES string of the molecule is COc1ccc(C2CCN(C(=NCc3nnc(C)n3C)NC3CCCCC3)C2)cc1.I. The molecule has 1 saturated carbocycles. The number of guanidine groups is 1. The third-order valence-electron chi connectivity index (χ3n) is 6.57. The molecule has 170 valence electrons. The Bertz CT molecular complexity index is 859. The summed E-state index contributed by atoms with van der Waals surface area (Å²) >= 11 is 0. The number of halogens is 1. The van der Waals surface area contributed by atoms with E-state index in [1.807, 2.05) is 18.5 Å². The van der Waals surface area contributed by atoms with Gasteiger partial charge in [0.1, 0.15) is 18.1 Å². The zero-order valence-electron chi connectivity index (χ0n) is 18.9. The molecule has 0 bridgehead atoms. The molecule has 8 heteroatoms. The molecule has 2 aliphatic rings. The maximum absolute atomic E-state index is 5.31. The Labute approximate surface area is 202 Å². The van der Waals surface area contributed by atoms with Crippen LogP contribution in [0, 0.1) is 6.92 Å². The molecule has 1 aliphatic heterocycles. The van der Waals surface area contributed by atoms with Crippen LogP contribution in [0.4, 0.5) is 0 Å². The van der Waals surface area contributed by atoms with Gasteiger partial charge in [0.15, 0.2) is 11.8 Å². The predicted molar refractivity (Wildman–Crippen MR) is 134 cm³/mol. The molecule has 1 saturated heterocycles. The van der Waals surface area contributed by atoms with Gasteiger partial charge in [0.05, 0.1) is 7.11 Å². The highest BCUT2D eigenvalue weighted by Crippen LogP contribution is 2.29. The van der Waals surface area contributed by atoms with Crippen LogP contribution in [-0.2, 0) is 13.6 Å². The molecule has 7 nitrogen and oxygen atoms in total. The first-order chi connectivity index (χ1) is 14.6. The largest absolute Gasteiger partial charge is 0.497 e. The molecule has 2 aromatic rings. The summed E-state index contributed by atoms with van der Waals surface area (Å²) in [5.74, 6) is 4.28. The molecule has 1 aliphatic carbocycles. The van der Waals surface area contributed by atoms with Gasteiger partial charge in [-0.25, -0.2) is 4.99 Å². The summed E-state index contributed by atoms with van der Waals surface area (Å²) in [4.78, 5) is 7.41. The number of ether oxygens (including phenoxy) is 1. The highest BCUT2D eigenvalue weighted by molar-refractivity contribution is 14.0. The van der Waals surface area contributed by atoms with Gasteiger partial charge in [0.25, 0.3) is 0 Å². The van der Waals surface area contributed by atoms with Crippen molar-refractivity contribution in [3.05, 3.63) is 41.5 Å². The molecule has 1 aromatic carbocycles. The summed E-state index contributed by atoms with van der Waals surface area (Å²) in [6.45, 7) is 4.53. The standard InChI is InChI=1S/C23H34N6O.HI/c1-17-26-27-22(28(17)2)15-24-23(25-20-7-5-4-6-8-20)29-14-13-19(16-29)18-9-11-21(30-3)12-10-18;/h9-12,19-20H,4-8,13-16H2,1-3H3,(H,24,25);1H. The van der Waals surface area contributed by atoms with E-state index in [-0.39, 0.29) is 24.0 Å². The zero-order chi connectivity index (χ0) is 20.9. The highest BCUT2D eigenvalue weighted by atomic mass is 127. The Morgan fingerprint density at radius 1 is 1.13 bits per heavy atom. The molecule has 1 aromatic heterocycles. The molecule has 2 fully saturated rings. The van der Waals surface area contributed by atoms with E-state index in [1.54, 1.807) is 7.11 Å². The number of nitrogens with one attached hydrogen (secondary N) is 1. The van der Waals surface area contributed by atoms with E-state index in [0.717, 1.165) is 42.9 Å². The lowest BCUT2D eigenvalue weighted by Gasteiger charge is -2.29. The fourth-order valence-electron chi connectivity index (χ4n) is 4.50. The second-order valence-electron chi connectivity index (χ2n) is 8.55. The van der Waals surface area contributed by atoms with E-state index in [1.165, 1.54) is 37.7 Å². The van der Waals surface area contributed by atoms with Crippen molar-refractivity contribution in [2.75, 3.05) is 20.2 Å². The summed E-state index contributed by atoms with van der Waals surface area (Å²) < 4.78 is 7.33. The third kappa shape index (κ3) is 5.90. The number of aromatic nitrogens is 3. The second kappa shape index (κ2) is 11.2. The van der Waals surface area contributed by atoms with Crippen LogP contribution in [0.3, 0.4) is 0 Å². The fraction of sp³-hybridized carbons (Fsp3) is 0.609. The summed E-state index contributed by atoms with van der Waals surface area (Å²) in [6, 6.07) is 9.04. The number of aryl methyl sites for hydroxylation is 1. The van der Waals surface area contributed by atoms with Gasteiger partial charge in [-0.05, 0) is 43.9 Å². The van der Waals surface area contributed by atoms with Gasteiger partial charge in [0, 0.05) is 32.1 Å². The fourth-order valence-corrected chi connectivity index (χ4v) is 4.50. The van der Waals surface area contributed by atoms with E-state index in [2.05, 4.69) is 44.7 Å². The van der Waals surface area contributed by atoms with Crippen molar-refractivity contribution < 1.29 is 4.74 Å². The van der Waals surface area contributed by atoms with Gasteiger partial charge < -0.3 is 19.5 Å². The topological polar surface area (TPSA) is 67.6 Å². The lowest BCUT2D eigenvalue weighted by molar-refractivity contribution is 0.388. The summed E-state index contributed by atoms with van der Waals surface area (Å²) in [7, 11) is 3.72. The van der Waals surface area contributed by atoms with Gasteiger partial charge in [-0.3, -0.25) is 0 Å². The maximum Gasteiger partial charge on any atom is 0.194 e. The van der Waals surface area contributed by atoms with Crippen LogP contribution in [0.1, 0.15) is 61.7 Å². The van der Waals surface area contributed by atoms with Gasteiger partial charge in [0.2, 0.25) is 0 Å². The van der Waals surface area contributed by atoms with Crippen molar-refractivity contribution in [3.8, 4) is 5.75 Å². The van der Waals surface area contributed by atoms with E-state index < -0.39 is 0 Å². The second-order valence-corrected chi connectivity index (χ2v) is 8.55. The first kappa shape index (κ1) is 23.8. The van der Waals surface area contributed by atoms with Crippen LogP contribution in [-0.4, -0.2) is 51.9 Å². The Morgan fingerprint density at radius 2 is 1.87 bits per heavy atom. The van der Waals surface area contributed by atoms with Crippen molar-refractivity contribution in [2.45, 2.75) is 64.0 Å². The predicted octanol–water partition coefficient (Wildman–Crippen LogP) is 4.02. The van der Waals surface area contributed by atoms with Gasteiger partial charge in [-0.1, -0.05) is 31.4 Å². The molecule has 1 atom stereocenters. The molecule has 0 spiro atoms. The number of aliphatic imine (C=N–C) groups is 1. The molecule has 31 heavy (non-hydrogen) atoms. The van der Waals surface area contributed by atoms with E-state index >= 15 is 0 Å². The van der Waals surface area contributed by atoms with Crippen molar-refractivity contribution in [3.63, 3.8) is 0 Å². The molecule has 1 N–H and O–H groups in total. The Balaban J connectivity index is 0.00000272. The Kier molecular flexibility index (Phi) is 8.57. The molecule has 2 heterocycles. The van der Waals surface area contributed by atoms with Gasteiger partial charge in [-0.15, -0.1) is 34.2 Å². The number of hydrogen-bond acceptors (Lipinski definition) is 4. The number of methoxy groups -OCH3 is 1. The van der Waals surface area contributed by atoms with Crippen LogP contribution in [0.2, 0.25) is 0 Å². The average Bonchev–Trinajstić information content (AvgIpc) is 3.40. The molecule has 0 amide bonds. The number of benzene rings is 1. The van der Waals surface area contributed by atoms with Crippen LogP contribution >= 0.6 is 24.0 Å². The van der Waals surface area contributed by atoms with Crippen molar-refractivity contribution in [2.24, 2.45) is 12.0 Å². The molecule has 4 rings (SSSR count). The normalized spacial score (nSPS) is 19.9.